The fourth-order valence-corrected chi connectivity index (χ4v) is 10.3. The number of para-hydroxylation sites is 2. The zero-order valence-electron chi connectivity index (χ0n) is 40.7. The number of rotatable bonds is 16. The number of nitrogens with one attached hydrogen (secondary N) is 4. The van der Waals surface area contributed by atoms with E-state index in [1.807, 2.05) is 115 Å². The fourth-order valence-electron chi connectivity index (χ4n) is 8.62. The molecule has 74 heavy (non-hydrogen) atoms. The monoisotopic (exact) mass is 1010 g/mol. The Bertz CT molecular complexity index is 3810. The van der Waals surface area contributed by atoms with Gasteiger partial charge < -0.3 is 25.8 Å². The highest BCUT2D eigenvalue weighted by molar-refractivity contribution is 7.19. The average molecular weight is 1010 g/mol. The van der Waals surface area contributed by atoms with Gasteiger partial charge in [-0.2, -0.15) is 0 Å². The molecule has 0 amide bonds. The first kappa shape index (κ1) is 47.2. The molecule has 7 aromatic heterocycles. The summed E-state index contributed by atoms with van der Waals surface area (Å²) < 4.78 is 6.39. The first-order valence-corrected chi connectivity index (χ1v) is 25.7. The Labute approximate surface area is 436 Å². The van der Waals surface area contributed by atoms with Crippen molar-refractivity contribution in [2.24, 2.45) is 10.9 Å². The lowest BCUT2D eigenvalue weighted by Gasteiger charge is -2.12. The highest BCUT2D eigenvalue weighted by atomic mass is 32.1. The van der Waals surface area contributed by atoms with Crippen molar-refractivity contribution in [3.8, 4) is 21.1 Å². The van der Waals surface area contributed by atoms with E-state index in [-0.39, 0.29) is 0 Å². The topological polar surface area (TPSA) is 139 Å². The number of aromatic nitrogens is 8. The molecule has 4 N–H and O–H groups in total. The molecule has 0 saturated carbocycles. The van der Waals surface area contributed by atoms with Crippen LogP contribution in [0.1, 0.15) is 33.5 Å². The number of hydrogen-bond donors (Lipinski definition) is 4. The lowest BCUT2D eigenvalue weighted by molar-refractivity contribution is 0.791. The first-order chi connectivity index (χ1) is 36.3. The first-order valence-electron chi connectivity index (χ1n) is 24.0. The number of aliphatic imine (C=N–C) groups is 1. The van der Waals surface area contributed by atoms with E-state index in [0.717, 1.165) is 101 Å². The van der Waals surface area contributed by atoms with E-state index in [0.29, 0.717) is 5.92 Å². The second-order valence-corrected chi connectivity index (χ2v) is 19.9. The van der Waals surface area contributed by atoms with E-state index in [1.165, 1.54) is 22.4 Å². The number of imidazole rings is 3. The average Bonchev–Trinajstić information content (AvgIpc) is 4.29. The molecule has 0 radical (unpaired) electrons. The van der Waals surface area contributed by atoms with E-state index < -0.39 is 0 Å². The van der Waals surface area contributed by atoms with Crippen LogP contribution in [-0.4, -0.2) is 44.5 Å². The maximum absolute atomic E-state index is 4.64. The maximum Gasteiger partial charge on any atom is 0.187 e. The lowest BCUT2D eigenvalue weighted by Crippen LogP contribution is -2.05. The van der Waals surface area contributed by atoms with Crippen LogP contribution in [-0.2, 0) is 13.0 Å². The van der Waals surface area contributed by atoms with Crippen LogP contribution in [0.4, 0.5) is 33.0 Å². The molecule has 8 heterocycles. The molecule has 12 rings (SSSR count). The van der Waals surface area contributed by atoms with Gasteiger partial charge in [-0.05, 0) is 103 Å². The largest absolute Gasteiger partial charge is 0.355 e. The van der Waals surface area contributed by atoms with Crippen LogP contribution in [0.15, 0.2) is 208 Å². The second kappa shape index (κ2) is 21.3. The van der Waals surface area contributed by atoms with Crippen LogP contribution in [0.25, 0.3) is 43.8 Å². The van der Waals surface area contributed by atoms with Crippen molar-refractivity contribution >= 4 is 84.6 Å². The zero-order chi connectivity index (χ0) is 50.4. The molecular formula is C59H51N13S2. The number of hydrogen-bond acceptors (Lipinski definition) is 12. The summed E-state index contributed by atoms with van der Waals surface area (Å²) >= 11 is 3.21. The molecule has 15 heteroatoms. The minimum Gasteiger partial charge on any atom is -0.355 e. The van der Waals surface area contributed by atoms with Crippen LogP contribution in [0.3, 0.4) is 0 Å². The Balaban J connectivity index is 0.000000159. The van der Waals surface area contributed by atoms with Gasteiger partial charge in [0.15, 0.2) is 10.3 Å². The molecule has 0 saturated heterocycles. The van der Waals surface area contributed by atoms with E-state index >= 15 is 0 Å². The summed E-state index contributed by atoms with van der Waals surface area (Å²) in [6, 6.07) is 43.2. The minimum absolute atomic E-state index is 0.311. The van der Waals surface area contributed by atoms with Crippen LogP contribution in [0, 0.1) is 19.8 Å². The van der Waals surface area contributed by atoms with Gasteiger partial charge in [0, 0.05) is 95.7 Å². The number of fused-ring (bicyclic) bond motifs is 2. The van der Waals surface area contributed by atoms with Gasteiger partial charge in [0.2, 0.25) is 0 Å². The summed E-state index contributed by atoms with van der Waals surface area (Å²) in [5.74, 6) is 0.311. The summed E-state index contributed by atoms with van der Waals surface area (Å²) in [6.45, 7) is 13.3. The molecule has 4 aromatic carbocycles. The number of anilines is 6. The van der Waals surface area contributed by atoms with Gasteiger partial charge in [0.1, 0.15) is 11.3 Å². The van der Waals surface area contributed by atoms with E-state index in [4.69, 9.17) is 0 Å². The molecule has 13 nitrogen and oxygen atoms in total. The van der Waals surface area contributed by atoms with Crippen molar-refractivity contribution < 1.29 is 0 Å². The van der Waals surface area contributed by atoms with Gasteiger partial charge in [-0.15, -0.1) is 0 Å². The third-order valence-corrected chi connectivity index (χ3v) is 14.5. The van der Waals surface area contributed by atoms with Gasteiger partial charge in [0.25, 0.3) is 0 Å². The smallest absolute Gasteiger partial charge is 0.187 e. The molecule has 1 aliphatic heterocycles. The SMILES string of the molecule is C=C(Nc1ccccc1C)c1ccc(Nc2ncc(-c3cnc4ccc(Cn5ccnc5)cn34)s2)cc1.C=C(Nc1ccccc1C)c1ccc(Nc2ncc(-c3cnc4cccc(CC5C=CN=C5)n34)s2)cc1. The van der Waals surface area contributed by atoms with E-state index in [1.54, 1.807) is 28.9 Å². The second-order valence-electron chi connectivity index (χ2n) is 17.8. The third kappa shape index (κ3) is 10.7. The van der Waals surface area contributed by atoms with Crippen molar-refractivity contribution in [2.45, 2.75) is 26.8 Å². The molecule has 1 aliphatic rings. The Kier molecular flexibility index (Phi) is 13.6. The maximum atomic E-state index is 4.64. The molecule has 11 aromatic rings. The Morgan fingerprint density at radius 1 is 0.622 bits per heavy atom. The quantitative estimate of drug-likeness (QED) is 0.0745. The summed E-state index contributed by atoms with van der Waals surface area (Å²) in [5, 5.41) is 15.3. The molecule has 364 valence electrons. The summed E-state index contributed by atoms with van der Waals surface area (Å²) in [4.78, 5) is 28.9. The van der Waals surface area contributed by atoms with Crippen LogP contribution >= 0.6 is 22.7 Å². The standard InChI is InChI=1S/C30H26N6S.C29H25N7S/c1-20-6-3-4-8-26(20)34-21(2)23-10-12-24(13-11-23)35-30-33-19-28(37-30)27-18-32-29-9-5-7-25(36(27)29)16-22-14-15-31-17-22;1-20-5-3-4-6-25(20)33-21(2)23-8-10-24(11-9-23)34-29-32-16-27(37-29)26-15-31-28-12-7-22(18-36(26)28)17-35-14-13-30-19-35/h3-15,17-19,22,34H,2,16H2,1H3,(H,33,35);3-16,18-19,33H,2,17H2,1H3,(H,32,34). The minimum atomic E-state index is 0.311. The van der Waals surface area contributed by atoms with Crippen molar-refractivity contribution in [3.63, 3.8) is 0 Å². The lowest BCUT2D eigenvalue weighted by atomic mass is 10.1. The molecule has 1 atom stereocenters. The van der Waals surface area contributed by atoms with Crippen molar-refractivity contribution in [1.29, 1.82) is 0 Å². The number of allylic oxidation sites excluding steroid dienone is 1. The molecular weight excluding hydrogens is 955 g/mol. The summed E-state index contributed by atoms with van der Waals surface area (Å²) in [6.07, 6.45) is 22.2. The van der Waals surface area contributed by atoms with Crippen LogP contribution < -0.4 is 21.3 Å². The molecule has 0 spiro atoms. The number of aryl methyl sites for hydroxylation is 2. The van der Waals surface area contributed by atoms with Crippen LogP contribution in [0.5, 0.6) is 0 Å². The molecule has 0 aliphatic carbocycles. The highest BCUT2D eigenvalue weighted by Crippen LogP contribution is 2.34. The zero-order valence-corrected chi connectivity index (χ0v) is 42.4. The van der Waals surface area contributed by atoms with Crippen molar-refractivity contribution in [3.05, 3.63) is 236 Å². The van der Waals surface area contributed by atoms with Gasteiger partial charge in [0.05, 0.1) is 39.9 Å². The fraction of sp³-hybridized carbons (Fsp3) is 0.0847. The van der Waals surface area contributed by atoms with Gasteiger partial charge in [-0.1, -0.05) is 115 Å². The Morgan fingerprint density at radius 2 is 1.23 bits per heavy atom. The number of nitrogens with zero attached hydrogens (tertiary/aromatic N) is 9. The highest BCUT2D eigenvalue weighted by Gasteiger charge is 2.17. The van der Waals surface area contributed by atoms with Gasteiger partial charge >= 0.3 is 0 Å². The molecule has 1 unspecified atom stereocenters. The van der Waals surface area contributed by atoms with Gasteiger partial charge in [-0.25, -0.2) is 24.9 Å². The van der Waals surface area contributed by atoms with Gasteiger partial charge in [-0.3, -0.25) is 13.8 Å². The van der Waals surface area contributed by atoms with E-state index in [9.17, 15) is 0 Å². The number of benzene rings is 4. The Hall–Kier alpha value is -9.18. The molecule has 0 bridgehead atoms. The van der Waals surface area contributed by atoms with E-state index in [2.05, 4.69) is 166 Å². The Morgan fingerprint density at radius 3 is 1.82 bits per heavy atom. The number of pyridine rings is 2. The van der Waals surface area contributed by atoms with Crippen molar-refractivity contribution in [1.82, 2.24) is 38.3 Å². The third-order valence-electron chi connectivity index (χ3n) is 12.6. The van der Waals surface area contributed by atoms with Crippen molar-refractivity contribution in [2.75, 3.05) is 21.3 Å². The predicted octanol–water partition coefficient (Wildman–Crippen LogP) is 14.2. The molecule has 0 fully saturated rings. The predicted molar refractivity (Wildman–Crippen MR) is 306 cm³/mol. The summed E-state index contributed by atoms with van der Waals surface area (Å²) in [7, 11) is 0. The van der Waals surface area contributed by atoms with Crippen LogP contribution in [0.2, 0.25) is 0 Å². The normalized spacial score (nSPS) is 12.7. The summed E-state index contributed by atoms with van der Waals surface area (Å²) in [5.41, 5.74) is 16.5. The number of thiazole rings is 2.